The molecule has 9 heteroatoms. The number of pyridine rings is 1. The highest BCUT2D eigenvalue weighted by Crippen LogP contribution is 2.22. The molecule has 0 spiro atoms. The Kier molecular flexibility index (Phi) is 6.74. The number of rotatable bonds is 7. The van der Waals surface area contributed by atoms with Crippen LogP contribution in [0, 0.1) is 0 Å². The molecule has 1 aliphatic rings. The SMILES string of the molecule is COc1ccc(C(=O)N2CCCC[C@H]2CCNS(=O)(=O)N(C)C)cn1. The number of nitrogens with one attached hydrogen (secondary N) is 1. The number of aromatic nitrogens is 1. The van der Waals surface area contributed by atoms with Gasteiger partial charge in [0, 0.05) is 45.5 Å². The fourth-order valence-corrected chi connectivity index (χ4v) is 3.48. The molecule has 1 N–H and O–H groups in total. The van der Waals surface area contributed by atoms with Crippen LogP contribution in [0.25, 0.3) is 0 Å². The van der Waals surface area contributed by atoms with Gasteiger partial charge in [-0.25, -0.2) is 9.71 Å². The molecule has 0 bridgehead atoms. The van der Waals surface area contributed by atoms with E-state index in [1.54, 1.807) is 12.1 Å². The Morgan fingerprint density at radius 3 is 2.76 bits per heavy atom. The van der Waals surface area contributed by atoms with Crippen molar-refractivity contribution >= 4 is 16.1 Å². The zero-order valence-corrected chi connectivity index (χ0v) is 15.8. The molecule has 0 saturated carbocycles. The molecule has 1 fully saturated rings. The first-order valence-corrected chi connectivity index (χ1v) is 9.77. The first-order valence-electron chi connectivity index (χ1n) is 8.33. The van der Waals surface area contributed by atoms with Gasteiger partial charge in [-0.2, -0.15) is 12.7 Å². The highest BCUT2D eigenvalue weighted by Gasteiger charge is 2.28. The number of hydrogen-bond donors (Lipinski definition) is 1. The minimum absolute atomic E-state index is 0.0215. The van der Waals surface area contributed by atoms with Crippen LogP contribution in [0.15, 0.2) is 18.3 Å². The molecular weight excluding hydrogens is 344 g/mol. The highest BCUT2D eigenvalue weighted by atomic mass is 32.2. The van der Waals surface area contributed by atoms with E-state index in [-0.39, 0.29) is 11.9 Å². The van der Waals surface area contributed by atoms with Crippen LogP contribution in [0.3, 0.4) is 0 Å². The zero-order chi connectivity index (χ0) is 18.4. The van der Waals surface area contributed by atoms with Crippen molar-refractivity contribution < 1.29 is 17.9 Å². The summed E-state index contributed by atoms with van der Waals surface area (Å²) in [4.78, 5) is 18.7. The quantitative estimate of drug-likeness (QED) is 0.769. The molecule has 1 aromatic rings. The summed E-state index contributed by atoms with van der Waals surface area (Å²) in [6.45, 7) is 0.978. The molecule has 2 rings (SSSR count). The Bertz CT molecular complexity index is 676. The second-order valence-electron chi connectivity index (χ2n) is 6.21. The van der Waals surface area contributed by atoms with Crippen molar-refractivity contribution in [3.8, 4) is 5.88 Å². The van der Waals surface area contributed by atoms with Crippen LogP contribution >= 0.6 is 0 Å². The van der Waals surface area contributed by atoms with Crippen molar-refractivity contribution in [2.75, 3.05) is 34.3 Å². The average Bonchev–Trinajstić information content (AvgIpc) is 2.61. The van der Waals surface area contributed by atoms with Crippen LogP contribution in [0.2, 0.25) is 0 Å². The fourth-order valence-electron chi connectivity index (χ4n) is 2.85. The van der Waals surface area contributed by atoms with Crippen molar-refractivity contribution in [3.05, 3.63) is 23.9 Å². The molecule has 1 atom stereocenters. The topological polar surface area (TPSA) is 91.8 Å². The van der Waals surface area contributed by atoms with Gasteiger partial charge in [-0.15, -0.1) is 0 Å². The van der Waals surface area contributed by atoms with E-state index in [1.807, 2.05) is 4.90 Å². The van der Waals surface area contributed by atoms with Crippen molar-refractivity contribution in [1.29, 1.82) is 0 Å². The van der Waals surface area contributed by atoms with Gasteiger partial charge in [0.15, 0.2) is 0 Å². The number of amides is 1. The van der Waals surface area contributed by atoms with Gasteiger partial charge in [0.1, 0.15) is 0 Å². The third kappa shape index (κ3) is 5.13. The summed E-state index contributed by atoms with van der Waals surface area (Å²) < 4.78 is 32.3. The van der Waals surface area contributed by atoms with Crippen LogP contribution in [0.4, 0.5) is 0 Å². The zero-order valence-electron chi connectivity index (χ0n) is 14.9. The lowest BCUT2D eigenvalue weighted by molar-refractivity contribution is 0.0603. The Balaban J connectivity index is 2.00. The highest BCUT2D eigenvalue weighted by molar-refractivity contribution is 7.87. The maximum Gasteiger partial charge on any atom is 0.278 e. The van der Waals surface area contributed by atoms with Gasteiger partial charge in [0.25, 0.3) is 16.1 Å². The summed E-state index contributed by atoms with van der Waals surface area (Å²) >= 11 is 0. The van der Waals surface area contributed by atoms with E-state index in [2.05, 4.69) is 9.71 Å². The number of piperidine rings is 1. The number of likely N-dealkylation sites (tertiary alicyclic amines) is 1. The summed E-state index contributed by atoms with van der Waals surface area (Å²) in [7, 11) is 1.05. The average molecular weight is 370 g/mol. The minimum atomic E-state index is -3.44. The van der Waals surface area contributed by atoms with Gasteiger partial charge in [0.2, 0.25) is 5.88 Å². The van der Waals surface area contributed by atoms with Gasteiger partial charge in [0.05, 0.1) is 12.7 Å². The van der Waals surface area contributed by atoms with E-state index < -0.39 is 10.2 Å². The summed E-state index contributed by atoms with van der Waals surface area (Å²) in [5, 5.41) is 0. The number of methoxy groups -OCH3 is 1. The van der Waals surface area contributed by atoms with E-state index in [4.69, 9.17) is 4.74 Å². The van der Waals surface area contributed by atoms with Gasteiger partial charge in [-0.3, -0.25) is 4.79 Å². The molecule has 1 aliphatic heterocycles. The normalized spacial score (nSPS) is 18.4. The van der Waals surface area contributed by atoms with Crippen molar-refractivity contribution in [3.63, 3.8) is 0 Å². The van der Waals surface area contributed by atoms with E-state index in [0.29, 0.717) is 31.0 Å². The molecular formula is C16H26N4O4S. The minimum Gasteiger partial charge on any atom is -0.481 e. The molecule has 0 radical (unpaired) electrons. The van der Waals surface area contributed by atoms with E-state index in [9.17, 15) is 13.2 Å². The number of nitrogens with zero attached hydrogens (tertiary/aromatic N) is 3. The first kappa shape index (κ1) is 19.6. The number of carbonyl (C=O) groups is 1. The number of hydrogen-bond acceptors (Lipinski definition) is 5. The maximum atomic E-state index is 12.8. The first-order chi connectivity index (χ1) is 11.8. The number of ether oxygens (including phenoxy) is 1. The van der Waals surface area contributed by atoms with Crippen LogP contribution < -0.4 is 9.46 Å². The molecule has 0 aliphatic carbocycles. The monoisotopic (exact) mass is 370 g/mol. The smallest absolute Gasteiger partial charge is 0.278 e. The maximum absolute atomic E-state index is 12.8. The van der Waals surface area contributed by atoms with Crippen LogP contribution in [0.1, 0.15) is 36.0 Å². The predicted molar refractivity (Wildman–Crippen MR) is 94.7 cm³/mol. The lowest BCUT2D eigenvalue weighted by atomic mass is 9.98. The second kappa shape index (κ2) is 8.59. The Morgan fingerprint density at radius 2 is 2.16 bits per heavy atom. The van der Waals surface area contributed by atoms with Gasteiger partial charge >= 0.3 is 0 Å². The lowest BCUT2D eigenvalue weighted by Gasteiger charge is -2.36. The largest absolute Gasteiger partial charge is 0.481 e. The van der Waals surface area contributed by atoms with Crippen molar-refractivity contribution in [1.82, 2.24) is 18.9 Å². The molecule has 0 aromatic carbocycles. The van der Waals surface area contributed by atoms with Crippen molar-refractivity contribution in [2.45, 2.75) is 31.7 Å². The van der Waals surface area contributed by atoms with E-state index in [0.717, 1.165) is 23.6 Å². The van der Waals surface area contributed by atoms with E-state index in [1.165, 1.54) is 27.4 Å². The fraction of sp³-hybridized carbons (Fsp3) is 0.625. The standard InChI is InChI=1S/C16H26N4O4S/c1-19(2)25(22,23)18-10-9-14-6-4-5-11-20(14)16(21)13-7-8-15(24-3)17-12-13/h7-8,12,14,18H,4-6,9-11H2,1-3H3/t14-/m0/s1. The molecule has 1 aromatic heterocycles. The third-order valence-electron chi connectivity index (χ3n) is 4.32. The lowest BCUT2D eigenvalue weighted by Crippen LogP contribution is -2.46. The molecule has 25 heavy (non-hydrogen) atoms. The molecule has 8 nitrogen and oxygen atoms in total. The number of carbonyl (C=O) groups excluding carboxylic acids is 1. The van der Waals surface area contributed by atoms with E-state index >= 15 is 0 Å². The summed E-state index contributed by atoms with van der Waals surface area (Å²) in [6, 6.07) is 3.39. The molecule has 2 heterocycles. The van der Waals surface area contributed by atoms with Crippen LogP contribution in [0.5, 0.6) is 5.88 Å². The summed E-state index contributed by atoms with van der Waals surface area (Å²) in [5.41, 5.74) is 0.515. The summed E-state index contributed by atoms with van der Waals surface area (Å²) in [5.74, 6) is 0.389. The Morgan fingerprint density at radius 1 is 1.40 bits per heavy atom. The van der Waals surface area contributed by atoms with Crippen LogP contribution in [-0.4, -0.2) is 68.9 Å². The second-order valence-corrected chi connectivity index (χ2v) is 8.18. The van der Waals surface area contributed by atoms with Gasteiger partial charge in [-0.05, 0) is 31.7 Å². The molecule has 0 unspecified atom stereocenters. The Labute approximate surface area is 149 Å². The van der Waals surface area contributed by atoms with Crippen LogP contribution in [-0.2, 0) is 10.2 Å². The third-order valence-corrected chi connectivity index (χ3v) is 5.85. The predicted octanol–water partition coefficient (Wildman–Crippen LogP) is 0.871. The van der Waals surface area contributed by atoms with Crippen molar-refractivity contribution in [2.24, 2.45) is 0 Å². The summed E-state index contributed by atoms with van der Waals surface area (Å²) in [6.07, 6.45) is 4.97. The van der Waals surface area contributed by atoms with Gasteiger partial charge < -0.3 is 9.64 Å². The van der Waals surface area contributed by atoms with Gasteiger partial charge in [-0.1, -0.05) is 0 Å². The molecule has 1 saturated heterocycles. The molecule has 1 amide bonds. The Hall–Kier alpha value is -1.71. The molecule has 140 valence electrons.